The summed E-state index contributed by atoms with van der Waals surface area (Å²) in [6.45, 7) is -0.922. The van der Waals surface area contributed by atoms with E-state index in [1.165, 1.54) is 0 Å². The van der Waals surface area contributed by atoms with E-state index >= 15 is 0 Å². The number of carboxylic acids is 1. The third kappa shape index (κ3) is 6.81. The summed E-state index contributed by atoms with van der Waals surface area (Å²) in [5, 5.41) is 51.5. The molecule has 0 saturated carbocycles. The van der Waals surface area contributed by atoms with E-state index < -0.39 is 49.6 Å². The van der Waals surface area contributed by atoms with Crippen LogP contribution >= 0.6 is 0 Å². The number of aliphatic hydroxyl groups is 5. The number of aliphatic hydroxyl groups excluding tert-OH is 2. The molecule has 0 bridgehead atoms. The van der Waals surface area contributed by atoms with Gasteiger partial charge in [0, 0.05) is 6.42 Å². The van der Waals surface area contributed by atoms with Gasteiger partial charge >= 0.3 is 11.9 Å². The molecule has 0 aromatic carbocycles. The van der Waals surface area contributed by atoms with Crippen molar-refractivity contribution in [1.82, 2.24) is 0 Å². The van der Waals surface area contributed by atoms with Crippen molar-refractivity contribution >= 4 is 11.9 Å². The van der Waals surface area contributed by atoms with Gasteiger partial charge in [-0.2, -0.15) is 0 Å². The van der Waals surface area contributed by atoms with Gasteiger partial charge in [-0.1, -0.05) is 0 Å². The molecule has 0 rings (SSSR count). The number of carboxylic acid groups (broad SMARTS) is 1. The second kappa shape index (κ2) is 6.47. The Balaban J connectivity index is 4.28. The Kier molecular flexibility index (Phi) is 5.99. The van der Waals surface area contributed by atoms with Crippen molar-refractivity contribution in [3.8, 4) is 0 Å². The average Bonchev–Trinajstić information content (AvgIpc) is 2.20. The molecule has 2 atom stereocenters. The van der Waals surface area contributed by atoms with Crippen LogP contribution in [0.25, 0.3) is 0 Å². The number of rotatable bonds is 7. The van der Waals surface area contributed by atoms with Crippen LogP contribution in [0.3, 0.4) is 0 Å². The van der Waals surface area contributed by atoms with E-state index in [-0.39, 0.29) is 0 Å². The predicted octanol–water partition coefficient (Wildman–Crippen LogP) is -3.25. The smallest absolute Gasteiger partial charge is 0.347 e. The van der Waals surface area contributed by atoms with E-state index in [1.807, 2.05) is 0 Å². The average molecular weight is 254 g/mol. The van der Waals surface area contributed by atoms with E-state index in [0.717, 1.165) is 0 Å². The second-order valence-corrected chi connectivity index (χ2v) is 3.27. The lowest BCUT2D eigenvalue weighted by atomic mass is 10.2. The van der Waals surface area contributed by atoms with Crippen molar-refractivity contribution < 1.29 is 45.0 Å². The molecule has 0 radical (unpaired) electrons. The molecule has 100 valence electrons. The fourth-order valence-electron chi connectivity index (χ4n) is 0.860. The fraction of sp³-hybridized carbons (Fsp3) is 0.750. The molecule has 6 N–H and O–H groups in total. The molecule has 2 unspecified atom stereocenters. The van der Waals surface area contributed by atoms with Crippen molar-refractivity contribution in [3.63, 3.8) is 0 Å². The lowest BCUT2D eigenvalue weighted by Crippen LogP contribution is -2.40. The largest absolute Gasteiger partial charge is 0.478 e. The molecule has 0 aliphatic rings. The zero-order chi connectivity index (χ0) is 13.6. The summed E-state index contributed by atoms with van der Waals surface area (Å²) in [6, 6.07) is 0. The Morgan fingerprint density at radius 1 is 1.24 bits per heavy atom. The number of hydrogen-bond acceptors (Lipinski definition) is 8. The highest BCUT2D eigenvalue weighted by molar-refractivity contribution is 5.78. The first-order valence-corrected chi connectivity index (χ1v) is 4.55. The maximum Gasteiger partial charge on any atom is 0.347 e. The summed E-state index contributed by atoms with van der Waals surface area (Å²) in [5.74, 6) is -5.90. The van der Waals surface area contributed by atoms with E-state index in [4.69, 9.17) is 30.6 Å². The summed E-state index contributed by atoms with van der Waals surface area (Å²) in [6.07, 6.45) is -5.21. The summed E-state index contributed by atoms with van der Waals surface area (Å²) in [5.41, 5.74) is 0. The zero-order valence-corrected chi connectivity index (χ0v) is 8.68. The Morgan fingerprint density at radius 2 is 1.76 bits per heavy atom. The van der Waals surface area contributed by atoms with E-state index in [1.54, 1.807) is 0 Å². The molecule has 0 aliphatic heterocycles. The molecule has 0 aromatic rings. The minimum absolute atomic E-state index is 0.675. The van der Waals surface area contributed by atoms with Gasteiger partial charge in [0.05, 0.1) is 13.0 Å². The molecule has 9 heteroatoms. The van der Waals surface area contributed by atoms with Gasteiger partial charge in [0.2, 0.25) is 6.10 Å². The molecule has 0 fully saturated rings. The number of hydrogen-bond donors (Lipinski definition) is 6. The zero-order valence-electron chi connectivity index (χ0n) is 8.68. The third-order valence-electron chi connectivity index (χ3n) is 1.70. The molecule has 0 aromatic heterocycles. The van der Waals surface area contributed by atoms with Gasteiger partial charge in [-0.05, 0) is 0 Å². The van der Waals surface area contributed by atoms with E-state index in [0.29, 0.717) is 0 Å². The third-order valence-corrected chi connectivity index (χ3v) is 1.70. The maximum atomic E-state index is 11.0. The standard InChI is InChI=1S/C8H14O9/c9-3-4(10)6(7(12)13)17-5(11)1-2-8(14,15)16/h4,6,9-10,14-16H,1-3H2,(H,12,13). The Labute approximate surface area is 95.5 Å². The van der Waals surface area contributed by atoms with Gasteiger partial charge in [0.25, 0.3) is 5.97 Å². The first-order chi connectivity index (χ1) is 7.67. The van der Waals surface area contributed by atoms with Crippen molar-refractivity contribution in [1.29, 1.82) is 0 Å². The summed E-state index contributed by atoms with van der Waals surface area (Å²) in [7, 11) is 0. The fourth-order valence-corrected chi connectivity index (χ4v) is 0.860. The molecule has 0 aliphatic carbocycles. The van der Waals surface area contributed by atoms with E-state index in [9.17, 15) is 9.59 Å². The van der Waals surface area contributed by atoms with Crippen molar-refractivity contribution in [2.24, 2.45) is 0 Å². The SMILES string of the molecule is O=C(CCC(O)(O)O)OC(C(=O)O)C(O)CO. The first-order valence-electron chi connectivity index (χ1n) is 4.55. The molecule has 17 heavy (non-hydrogen) atoms. The van der Waals surface area contributed by atoms with Crippen LogP contribution in [-0.2, 0) is 14.3 Å². The van der Waals surface area contributed by atoms with Crippen molar-refractivity contribution in [2.45, 2.75) is 31.0 Å². The summed E-state index contributed by atoms with van der Waals surface area (Å²) < 4.78 is 4.28. The van der Waals surface area contributed by atoms with Crippen LogP contribution in [0, 0.1) is 0 Å². The van der Waals surface area contributed by atoms with Gasteiger partial charge in [0.15, 0.2) is 0 Å². The van der Waals surface area contributed by atoms with Crippen LogP contribution in [0.2, 0.25) is 0 Å². The van der Waals surface area contributed by atoms with Crippen LogP contribution in [0.1, 0.15) is 12.8 Å². The molecular formula is C8H14O9. The normalized spacial score (nSPS) is 15.1. The lowest BCUT2D eigenvalue weighted by molar-refractivity contribution is -0.314. The number of aliphatic carboxylic acids is 1. The van der Waals surface area contributed by atoms with Gasteiger partial charge in [-0.3, -0.25) is 4.79 Å². The minimum atomic E-state index is -3.06. The molecule has 0 saturated heterocycles. The maximum absolute atomic E-state index is 11.0. The molecular weight excluding hydrogens is 240 g/mol. The predicted molar refractivity (Wildman–Crippen MR) is 49.2 cm³/mol. The van der Waals surface area contributed by atoms with Crippen LogP contribution in [0.4, 0.5) is 0 Å². The molecule has 9 nitrogen and oxygen atoms in total. The number of carbonyl (C=O) groups is 2. The van der Waals surface area contributed by atoms with Crippen molar-refractivity contribution in [3.05, 3.63) is 0 Å². The Morgan fingerprint density at radius 3 is 2.12 bits per heavy atom. The van der Waals surface area contributed by atoms with Gasteiger partial charge < -0.3 is 35.4 Å². The van der Waals surface area contributed by atoms with Crippen LogP contribution in [0.15, 0.2) is 0 Å². The second-order valence-electron chi connectivity index (χ2n) is 3.27. The number of esters is 1. The van der Waals surface area contributed by atoms with Gasteiger partial charge in [0.1, 0.15) is 6.10 Å². The van der Waals surface area contributed by atoms with Crippen LogP contribution < -0.4 is 0 Å². The minimum Gasteiger partial charge on any atom is -0.478 e. The highest BCUT2D eigenvalue weighted by atomic mass is 16.7. The number of carbonyl (C=O) groups excluding carboxylic acids is 1. The number of ether oxygens (including phenoxy) is 1. The van der Waals surface area contributed by atoms with Gasteiger partial charge in [-0.25, -0.2) is 4.79 Å². The molecule has 0 spiro atoms. The Hall–Kier alpha value is -1.26. The van der Waals surface area contributed by atoms with Crippen LogP contribution in [-0.4, -0.2) is 67.4 Å². The summed E-state index contributed by atoms with van der Waals surface area (Å²) >= 11 is 0. The topological polar surface area (TPSA) is 165 Å². The highest BCUT2D eigenvalue weighted by Gasteiger charge is 2.31. The first kappa shape index (κ1) is 15.7. The summed E-state index contributed by atoms with van der Waals surface area (Å²) in [4.78, 5) is 21.6. The lowest BCUT2D eigenvalue weighted by Gasteiger charge is -2.18. The quantitative estimate of drug-likeness (QED) is 0.202. The van der Waals surface area contributed by atoms with Crippen LogP contribution in [0.5, 0.6) is 0 Å². The monoisotopic (exact) mass is 254 g/mol. The highest BCUT2D eigenvalue weighted by Crippen LogP contribution is 2.08. The molecule has 0 amide bonds. The Bertz CT molecular complexity index is 269. The van der Waals surface area contributed by atoms with Crippen molar-refractivity contribution in [2.75, 3.05) is 6.61 Å². The van der Waals surface area contributed by atoms with E-state index in [2.05, 4.69) is 4.74 Å². The molecule has 0 heterocycles. The van der Waals surface area contributed by atoms with Gasteiger partial charge in [-0.15, -0.1) is 0 Å².